The molecule has 0 aromatic heterocycles. The van der Waals surface area contributed by atoms with E-state index in [1.165, 1.54) is 4.90 Å². The fourth-order valence-corrected chi connectivity index (χ4v) is 2.92. The summed E-state index contributed by atoms with van der Waals surface area (Å²) < 4.78 is 0. The van der Waals surface area contributed by atoms with Gasteiger partial charge in [-0.1, -0.05) is 60.7 Å². The van der Waals surface area contributed by atoms with Gasteiger partial charge < -0.3 is 10.2 Å². The fourth-order valence-electron chi connectivity index (χ4n) is 2.92. The van der Waals surface area contributed by atoms with Crippen LogP contribution in [0.4, 0.5) is 0 Å². The standard InChI is InChI=1S/C21H22N2O/c1-23(2)15-20(17-9-4-3-5-10-17)22-21(24)19-13-12-16-8-6-7-11-18(16)14-19/h3-14,20H,15H2,1-2H3,(H,22,24)/p+1/t20-/m0/s1. The molecule has 24 heavy (non-hydrogen) atoms. The number of rotatable bonds is 5. The molecular weight excluding hydrogens is 296 g/mol. The summed E-state index contributed by atoms with van der Waals surface area (Å²) in [6.45, 7) is 0.837. The van der Waals surface area contributed by atoms with E-state index in [0.29, 0.717) is 5.56 Å². The van der Waals surface area contributed by atoms with Crippen molar-refractivity contribution in [3.63, 3.8) is 0 Å². The summed E-state index contributed by atoms with van der Waals surface area (Å²) in [6, 6.07) is 24.1. The second kappa shape index (κ2) is 7.28. The number of nitrogens with one attached hydrogen (secondary N) is 2. The number of carbonyl (C=O) groups is 1. The minimum atomic E-state index is -0.0316. The van der Waals surface area contributed by atoms with E-state index in [2.05, 4.69) is 37.6 Å². The van der Waals surface area contributed by atoms with Crippen LogP contribution >= 0.6 is 0 Å². The van der Waals surface area contributed by atoms with E-state index < -0.39 is 0 Å². The number of quaternary nitrogens is 1. The van der Waals surface area contributed by atoms with Gasteiger partial charge in [0.1, 0.15) is 12.6 Å². The zero-order valence-electron chi connectivity index (χ0n) is 14.1. The molecule has 0 bridgehead atoms. The van der Waals surface area contributed by atoms with Crippen molar-refractivity contribution in [1.82, 2.24) is 5.32 Å². The van der Waals surface area contributed by atoms with Crippen molar-refractivity contribution in [2.24, 2.45) is 0 Å². The Morgan fingerprint density at radius 3 is 2.29 bits per heavy atom. The van der Waals surface area contributed by atoms with Crippen molar-refractivity contribution in [2.45, 2.75) is 6.04 Å². The Morgan fingerprint density at radius 2 is 1.58 bits per heavy atom. The highest BCUT2D eigenvalue weighted by atomic mass is 16.1. The van der Waals surface area contributed by atoms with E-state index >= 15 is 0 Å². The lowest BCUT2D eigenvalue weighted by Gasteiger charge is -2.21. The Labute approximate surface area is 142 Å². The molecule has 0 aliphatic carbocycles. The highest BCUT2D eigenvalue weighted by molar-refractivity contribution is 5.98. The lowest BCUT2D eigenvalue weighted by atomic mass is 10.0. The quantitative estimate of drug-likeness (QED) is 0.744. The molecule has 1 amide bonds. The molecule has 0 heterocycles. The Morgan fingerprint density at radius 1 is 0.917 bits per heavy atom. The summed E-state index contributed by atoms with van der Waals surface area (Å²) in [5.41, 5.74) is 1.83. The maximum absolute atomic E-state index is 12.7. The fraction of sp³-hybridized carbons (Fsp3) is 0.190. The average Bonchev–Trinajstić information content (AvgIpc) is 2.61. The number of benzene rings is 3. The number of hydrogen-bond acceptors (Lipinski definition) is 1. The van der Waals surface area contributed by atoms with Crippen LogP contribution in [0, 0.1) is 0 Å². The molecule has 3 aromatic carbocycles. The molecule has 0 radical (unpaired) electrons. The van der Waals surface area contributed by atoms with Crippen LogP contribution in [0.1, 0.15) is 22.0 Å². The molecule has 0 fully saturated rings. The van der Waals surface area contributed by atoms with Crippen LogP contribution in [0.15, 0.2) is 72.8 Å². The van der Waals surface area contributed by atoms with Crippen molar-refractivity contribution in [2.75, 3.05) is 20.6 Å². The Kier molecular flexibility index (Phi) is 4.92. The number of likely N-dealkylation sites (N-methyl/N-ethyl adjacent to an activating group) is 1. The third kappa shape index (κ3) is 3.81. The topological polar surface area (TPSA) is 33.5 Å². The minimum absolute atomic E-state index is 0.00447. The molecule has 0 saturated carbocycles. The van der Waals surface area contributed by atoms with E-state index in [1.807, 2.05) is 54.6 Å². The van der Waals surface area contributed by atoms with Crippen molar-refractivity contribution >= 4 is 16.7 Å². The summed E-state index contributed by atoms with van der Waals surface area (Å²) in [5.74, 6) is -0.0316. The Hall–Kier alpha value is -2.65. The summed E-state index contributed by atoms with van der Waals surface area (Å²) in [5, 5.41) is 5.41. The van der Waals surface area contributed by atoms with Crippen molar-refractivity contribution in [3.8, 4) is 0 Å². The molecule has 0 spiro atoms. The van der Waals surface area contributed by atoms with Crippen molar-refractivity contribution < 1.29 is 9.69 Å². The third-order valence-electron chi connectivity index (χ3n) is 4.13. The SMILES string of the molecule is C[NH+](C)C[C@H](NC(=O)c1ccc2ccccc2c1)c1ccccc1. The number of hydrogen-bond donors (Lipinski definition) is 2. The predicted octanol–water partition coefficient (Wildman–Crippen LogP) is 2.46. The lowest BCUT2D eigenvalue weighted by Crippen LogP contribution is -3.06. The number of carbonyl (C=O) groups excluding carboxylic acids is 1. The highest BCUT2D eigenvalue weighted by Crippen LogP contribution is 2.17. The van der Waals surface area contributed by atoms with E-state index in [-0.39, 0.29) is 11.9 Å². The molecule has 1 atom stereocenters. The van der Waals surface area contributed by atoms with E-state index in [1.54, 1.807) is 0 Å². The van der Waals surface area contributed by atoms with Crippen LogP contribution in [0.25, 0.3) is 10.8 Å². The summed E-state index contributed by atoms with van der Waals surface area (Å²) in [7, 11) is 4.19. The maximum atomic E-state index is 12.7. The number of amides is 1. The molecule has 0 unspecified atom stereocenters. The van der Waals surface area contributed by atoms with Gasteiger partial charge in [-0.3, -0.25) is 4.79 Å². The first kappa shape index (κ1) is 16.2. The minimum Gasteiger partial charge on any atom is -0.340 e. The summed E-state index contributed by atoms with van der Waals surface area (Å²) in [6.07, 6.45) is 0. The van der Waals surface area contributed by atoms with Crippen LogP contribution in [0.2, 0.25) is 0 Å². The van der Waals surface area contributed by atoms with Gasteiger partial charge in [0.15, 0.2) is 0 Å². The van der Waals surface area contributed by atoms with Gasteiger partial charge in [0.05, 0.1) is 14.1 Å². The third-order valence-corrected chi connectivity index (χ3v) is 4.13. The molecule has 3 heteroatoms. The van der Waals surface area contributed by atoms with Crippen molar-refractivity contribution in [3.05, 3.63) is 83.9 Å². The molecule has 3 nitrogen and oxygen atoms in total. The van der Waals surface area contributed by atoms with Crippen LogP contribution in [-0.2, 0) is 0 Å². The summed E-state index contributed by atoms with van der Waals surface area (Å²) >= 11 is 0. The van der Waals surface area contributed by atoms with Crippen LogP contribution in [0.3, 0.4) is 0 Å². The van der Waals surface area contributed by atoms with Crippen LogP contribution in [-0.4, -0.2) is 26.5 Å². The second-order valence-corrected chi connectivity index (χ2v) is 6.41. The zero-order chi connectivity index (χ0) is 16.9. The Bertz CT molecular complexity index is 827. The smallest absolute Gasteiger partial charge is 0.251 e. The van der Waals surface area contributed by atoms with Gasteiger partial charge in [0.25, 0.3) is 5.91 Å². The highest BCUT2D eigenvalue weighted by Gasteiger charge is 2.18. The van der Waals surface area contributed by atoms with Gasteiger partial charge in [0, 0.05) is 5.56 Å². The van der Waals surface area contributed by atoms with Crippen LogP contribution in [0.5, 0.6) is 0 Å². The second-order valence-electron chi connectivity index (χ2n) is 6.41. The van der Waals surface area contributed by atoms with E-state index in [4.69, 9.17) is 0 Å². The van der Waals surface area contributed by atoms with Gasteiger partial charge in [-0.15, -0.1) is 0 Å². The van der Waals surface area contributed by atoms with Gasteiger partial charge in [-0.25, -0.2) is 0 Å². The first-order valence-electron chi connectivity index (χ1n) is 8.27. The summed E-state index contributed by atoms with van der Waals surface area (Å²) in [4.78, 5) is 14.0. The normalized spacial score (nSPS) is 12.3. The van der Waals surface area contributed by atoms with Gasteiger partial charge in [-0.2, -0.15) is 0 Å². The first-order chi connectivity index (χ1) is 11.6. The largest absolute Gasteiger partial charge is 0.340 e. The maximum Gasteiger partial charge on any atom is 0.251 e. The number of fused-ring (bicyclic) bond motifs is 1. The van der Waals surface area contributed by atoms with E-state index in [9.17, 15) is 4.79 Å². The molecule has 122 valence electrons. The monoisotopic (exact) mass is 319 g/mol. The van der Waals surface area contributed by atoms with Gasteiger partial charge in [-0.05, 0) is 28.5 Å². The molecule has 0 aliphatic heterocycles. The Balaban J connectivity index is 1.84. The molecule has 2 N–H and O–H groups in total. The zero-order valence-corrected chi connectivity index (χ0v) is 14.1. The van der Waals surface area contributed by atoms with Gasteiger partial charge >= 0.3 is 0 Å². The van der Waals surface area contributed by atoms with Crippen molar-refractivity contribution in [1.29, 1.82) is 0 Å². The molecule has 0 saturated heterocycles. The molecular formula is C21H23N2O+. The lowest BCUT2D eigenvalue weighted by molar-refractivity contribution is -0.860. The van der Waals surface area contributed by atoms with Gasteiger partial charge in [0.2, 0.25) is 0 Å². The molecule has 3 rings (SSSR count). The molecule has 3 aromatic rings. The van der Waals surface area contributed by atoms with E-state index in [0.717, 1.165) is 22.9 Å². The first-order valence-corrected chi connectivity index (χ1v) is 8.27. The predicted molar refractivity (Wildman–Crippen MR) is 98.3 cm³/mol. The molecule has 0 aliphatic rings. The van der Waals surface area contributed by atoms with Crippen LogP contribution < -0.4 is 10.2 Å². The average molecular weight is 319 g/mol.